The average molecular weight is 186 g/mol. The van der Waals surface area contributed by atoms with Crippen LogP contribution in [0.1, 0.15) is 40.0 Å². The Morgan fingerprint density at radius 2 is 2.08 bits per heavy atom. The van der Waals surface area contributed by atoms with Gasteiger partial charge in [0.25, 0.3) is 0 Å². The van der Waals surface area contributed by atoms with Crippen molar-refractivity contribution in [1.29, 1.82) is 0 Å². The maximum absolute atomic E-state index is 5.29. The van der Waals surface area contributed by atoms with Crippen LogP contribution in [-0.4, -0.2) is 18.5 Å². The van der Waals surface area contributed by atoms with Gasteiger partial charge in [-0.3, -0.25) is 10.4 Å². The van der Waals surface area contributed by atoms with Crippen LogP contribution in [0.25, 0.3) is 0 Å². The molecule has 0 heterocycles. The third kappa shape index (κ3) is 7.59. The fourth-order valence-corrected chi connectivity index (χ4v) is 0.959. The van der Waals surface area contributed by atoms with Crippen molar-refractivity contribution in [3.63, 3.8) is 0 Å². The first-order valence-corrected chi connectivity index (χ1v) is 4.98. The highest BCUT2D eigenvalue weighted by atomic mass is 15.3. The maximum Gasteiger partial charge on any atom is 0.205 e. The minimum Gasteiger partial charge on any atom is -0.353 e. The largest absolute Gasteiger partial charge is 0.353 e. The molecular formula is C9H22N4. The van der Waals surface area contributed by atoms with E-state index < -0.39 is 0 Å². The van der Waals surface area contributed by atoms with Gasteiger partial charge >= 0.3 is 0 Å². The van der Waals surface area contributed by atoms with E-state index in [0.29, 0.717) is 12.0 Å². The van der Waals surface area contributed by atoms with E-state index in [1.807, 2.05) is 0 Å². The van der Waals surface area contributed by atoms with Gasteiger partial charge in [0, 0.05) is 12.6 Å². The third-order valence-electron chi connectivity index (χ3n) is 1.59. The lowest BCUT2D eigenvalue weighted by Crippen LogP contribution is -2.44. The van der Waals surface area contributed by atoms with Crippen LogP contribution < -0.4 is 16.6 Å². The molecule has 0 aliphatic rings. The van der Waals surface area contributed by atoms with Crippen LogP contribution in [0.15, 0.2) is 4.99 Å². The SMILES string of the molecule is CCCCCN=C(NN)NC(C)C. The first kappa shape index (κ1) is 12.2. The molecule has 0 amide bonds. The minimum absolute atomic E-state index is 0.362. The van der Waals surface area contributed by atoms with Crippen LogP contribution in [0.4, 0.5) is 0 Å². The first-order chi connectivity index (χ1) is 6.20. The molecule has 0 aromatic heterocycles. The summed E-state index contributed by atoms with van der Waals surface area (Å²) in [5.74, 6) is 5.98. The summed E-state index contributed by atoms with van der Waals surface area (Å²) in [4.78, 5) is 4.29. The molecule has 4 heteroatoms. The fourth-order valence-electron chi connectivity index (χ4n) is 0.959. The molecule has 4 N–H and O–H groups in total. The lowest BCUT2D eigenvalue weighted by Gasteiger charge is -2.11. The molecule has 0 aliphatic heterocycles. The van der Waals surface area contributed by atoms with E-state index in [9.17, 15) is 0 Å². The number of guanidine groups is 1. The molecule has 0 fully saturated rings. The molecule has 0 aromatic rings. The van der Waals surface area contributed by atoms with E-state index in [1.165, 1.54) is 12.8 Å². The molecule has 13 heavy (non-hydrogen) atoms. The molecular weight excluding hydrogens is 164 g/mol. The molecule has 4 nitrogen and oxygen atoms in total. The lowest BCUT2D eigenvalue weighted by molar-refractivity contribution is 0.687. The van der Waals surface area contributed by atoms with Gasteiger partial charge in [0.05, 0.1) is 0 Å². The standard InChI is InChI=1S/C9H22N4/c1-4-5-6-7-11-9(13-10)12-8(2)3/h8H,4-7,10H2,1-3H3,(H2,11,12,13). The highest BCUT2D eigenvalue weighted by Gasteiger charge is 1.96. The van der Waals surface area contributed by atoms with Crippen molar-refractivity contribution in [2.24, 2.45) is 10.8 Å². The average Bonchev–Trinajstić information content (AvgIpc) is 2.09. The van der Waals surface area contributed by atoms with Crippen molar-refractivity contribution < 1.29 is 0 Å². The maximum atomic E-state index is 5.29. The Kier molecular flexibility index (Phi) is 7.39. The Morgan fingerprint density at radius 1 is 1.38 bits per heavy atom. The molecule has 78 valence electrons. The summed E-state index contributed by atoms with van der Waals surface area (Å²) in [5.41, 5.74) is 2.55. The van der Waals surface area contributed by atoms with Crippen LogP contribution in [0.3, 0.4) is 0 Å². The lowest BCUT2D eigenvalue weighted by atomic mass is 10.2. The first-order valence-electron chi connectivity index (χ1n) is 4.98. The second-order valence-corrected chi connectivity index (χ2v) is 3.38. The van der Waals surface area contributed by atoms with Crippen molar-refractivity contribution in [2.45, 2.75) is 46.1 Å². The van der Waals surface area contributed by atoms with E-state index in [-0.39, 0.29) is 0 Å². The van der Waals surface area contributed by atoms with E-state index in [4.69, 9.17) is 5.84 Å². The van der Waals surface area contributed by atoms with Gasteiger partial charge in [0.2, 0.25) is 5.96 Å². The van der Waals surface area contributed by atoms with E-state index in [2.05, 4.69) is 36.5 Å². The summed E-state index contributed by atoms with van der Waals surface area (Å²) in [7, 11) is 0. The second kappa shape index (κ2) is 7.86. The zero-order valence-electron chi connectivity index (χ0n) is 8.93. The third-order valence-corrected chi connectivity index (χ3v) is 1.59. The molecule has 0 saturated carbocycles. The van der Waals surface area contributed by atoms with Crippen molar-refractivity contribution in [1.82, 2.24) is 10.7 Å². The van der Waals surface area contributed by atoms with E-state index in [1.54, 1.807) is 0 Å². The molecule has 0 spiro atoms. The van der Waals surface area contributed by atoms with Gasteiger partial charge in [-0.1, -0.05) is 19.8 Å². The molecule has 0 aromatic carbocycles. The summed E-state index contributed by atoms with van der Waals surface area (Å²) >= 11 is 0. The molecule has 0 bridgehead atoms. The monoisotopic (exact) mass is 186 g/mol. The number of nitrogens with two attached hydrogens (primary N) is 1. The normalized spacial score (nSPS) is 11.9. The Balaban J connectivity index is 3.65. The van der Waals surface area contributed by atoms with Gasteiger partial charge in [-0.15, -0.1) is 0 Å². The van der Waals surface area contributed by atoms with Gasteiger partial charge in [-0.2, -0.15) is 0 Å². The van der Waals surface area contributed by atoms with Crippen molar-refractivity contribution in [3.05, 3.63) is 0 Å². The fraction of sp³-hybridized carbons (Fsp3) is 0.889. The van der Waals surface area contributed by atoms with Gasteiger partial charge in [-0.05, 0) is 20.3 Å². The van der Waals surface area contributed by atoms with Crippen LogP contribution in [0.5, 0.6) is 0 Å². The Morgan fingerprint density at radius 3 is 2.54 bits per heavy atom. The number of hydrogen-bond acceptors (Lipinski definition) is 2. The number of rotatable bonds is 5. The van der Waals surface area contributed by atoms with Gasteiger partial charge in [0.15, 0.2) is 0 Å². The van der Waals surface area contributed by atoms with E-state index in [0.717, 1.165) is 13.0 Å². The van der Waals surface area contributed by atoms with Crippen LogP contribution in [0, 0.1) is 0 Å². The van der Waals surface area contributed by atoms with Gasteiger partial charge in [-0.25, -0.2) is 5.84 Å². The van der Waals surface area contributed by atoms with Crippen LogP contribution in [0.2, 0.25) is 0 Å². The topological polar surface area (TPSA) is 62.4 Å². The summed E-state index contributed by atoms with van der Waals surface area (Å²) in [6, 6.07) is 0.362. The molecule has 0 rings (SSSR count). The highest BCUT2D eigenvalue weighted by molar-refractivity contribution is 5.79. The predicted molar refractivity (Wildman–Crippen MR) is 57.4 cm³/mol. The summed E-state index contributed by atoms with van der Waals surface area (Å²) in [6.45, 7) is 7.13. The second-order valence-electron chi connectivity index (χ2n) is 3.38. The zero-order valence-corrected chi connectivity index (χ0v) is 8.93. The number of nitrogens with zero attached hydrogens (tertiary/aromatic N) is 1. The quantitative estimate of drug-likeness (QED) is 0.197. The van der Waals surface area contributed by atoms with Crippen LogP contribution in [-0.2, 0) is 0 Å². The van der Waals surface area contributed by atoms with Gasteiger partial charge < -0.3 is 5.32 Å². The zero-order chi connectivity index (χ0) is 10.1. The van der Waals surface area contributed by atoms with Crippen molar-refractivity contribution in [3.8, 4) is 0 Å². The number of hydrogen-bond donors (Lipinski definition) is 3. The molecule has 0 aliphatic carbocycles. The predicted octanol–water partition coefficient (Wildman–Crippen LogP) is 0.994. The summed E-state index contributed by atoms with van der Waals surface area (Å²) in [6.07, 6.45) is 3.57. The Bertz CT molecular complexity index is 143. The molecule has 0 radical (unpaired) electrons. The molecule has 0 saturated heterocycles. The smallest absolute Gasteiger partial charge is 0.205 e. The minimum atomic E-state index is 0.362. The van der Waals surface area contributed by atoms with E-state index >= 15 is 0 Å². The summed E-state index contributed by atoms with van der Waals surface area (Å²) < 4.78 is 0. The summed E-state index contributed by atoms with van der Waals surface area (Å²) in [5, 5.41) is 3.12. The van der Waals surface area contributed by atoms with Crippen molar-refractivity contribution >= 4 is 5.96 Å². The molecule has 0 unspecified atom stereocenters. The number of aliphatic imine (C=N–C) groups is 1. The number of hydrazine groups is 1. The Labute approximate surface area is 81.0 Å². The Hall–Kier alpha value is -0.770. The number of nitrogens with one attached hydrogen (secondary N) is 2. The number of unbranched alkanes of at least 4 members (excludes halogenated alkanes) is 2. The van der Waals surface area contributed by atoms with Crippen molar-refractivity contribution in [2.75, 3.05) is 6.54 Å². The van der Waals surface area contributed by atoms with Gasteiger partial charge in [0.1, 0.15) is 0 Å². The van der Waals surface area contributed by atoms with Crippen LogP contribution >= 0.6 is 0 Å². The highest BCUT2D eigenvalue weighted by Crippen LogP contribution is 1.93. The molecule has 0 atom stereocenters.